The molecular weight excluding hydrogens is 406 g/mol. The topological polar surface area (TPSA) is 133 Å². The van der Waals surface area contributed by atoms with E-state index in [0.29, 0.717) is 28.6 Å². The van der Waals surface area contributed by atoms with Crippen molar-refractivity contribution in [3.8, 4) is 57.5 Å². The molecule has 0 spiro atoms. The van der Waals surface area contributed by atoms with Crippen LogP contribution < -0.4 is 14.8 Å². The van der Waals surface area contributed by atoms with Gasteiger partial charge in [-0.25, -0.2) is 9.97 Å². The summed E-state index contributed by atoms with van der Waals surface area (Å²) in [5.41, 5.74) is 4.48. The summed E-state index contributed by atoms with van der Waals surface area (Å²) in [6, 6.07) is 11.4. The second-order valence-corrected chi connectivity index (χ2v) is 6.89. The number of pyridine rings is 2. The van der Waals surface area contributed by atoms with Gasteiger partial charge in [-0.1, -0.05) is 0 Å². The number of nitriles is 2. The van der Waals surface area contributed by atoms with E-state index in [1.165, 1.54) is 20.3 Å². The van der Waals surface area contributed by atoms with Crippen LogP contribution in [0.5, 0.6) is 11.5 Å². The van der Waals surface area contributed by atoms with Crippen LogP contribution in [-0.4, -0.2) is 34.2 Å². The van der Waals surface area contributed by atoms with Crippen LogP contribution in [0.1, 0.15) is 11.1 Å². The van der Waals surface area contributed by atoms with Gasteiger partial charge in [0, 0.05) is 29.6 Å². The molecule has 1 aliphatic rings. The number of H-pyrrole nitrogens is 1. The van der Waals surface area contributed by atoms with E-state index in [2.05, 4.69) is 32.4 Å². The Kier molecular flexibility index (Phi) is 4.43. The maximum atomic E-state index is 9.93. The Hall–Kier alpha value is -4.89. The van der Waals surface area contributed by atoms with Gasteiger partial charge >= 0.3 is 0 Å². The van der Waals surface area contributed by atoms with Gasteiger partial charge in [-0.15, -0.1) is 0 Å². The molecule has 0 atom stereocenters. The molecule has 0 fully saturated rings. The van der Waals surface area contributed by atoms with Gasteiger partial charge in [0.1, 0.15) is 35.0 Å². The third kappa shape index (κ3) is 2.73. The average Bonchev–Trinajstić information content (AvgIpc) is 3.22. The summed E-state index contributed by atoms with van der Waals surface area (Å²) in [5.74, 6) is 1.53. The molecule has 32 heavy (non-hydrogen) atoms. The zero-order valence-corrected chi connectivity index (χ0v) is 17.1. The van der Waals surface area contributed by atoms with Gasteiger partial charge in [0.15, 0.2) is 11.5 Å². The zero-order chi connectivity index (χ0) is 22.2. The van der Waals surface area contributed by atoms with Crippen molar-refractivity contribution in [3.63, 3.8) is 0 Å². The van der Waals surface area contributed by atoms with E-state index in [4.69, 9.17) is 14.5 Å². The fourth-order valence-electron chi connectivity index (χ4n) is 3.85. The minimum absolute atomic E-state index is 0.159. The van der Waals surface area contributed by atoms with Crippen LogP contribution in [-0.2, 0) is 0 Å². The lowest BCUT2D eigenvalue weighted by molar-refractivity contribution is 0.354. The molecule has 154 valence electrons. The third-order valence-corrected chi connectivity index (χ3v) is 5.25. The molecule has 0 aliphatic carbocycles. The molecule has 0 saturated carbocycles. The lowest BCUT2D eigenvalue weighted by Gasteiger charge is -2.13. The number of anilines is 2. The molecule has 4 heterocycles. The van der Waals surface area contributed by atoms with Crippen molar-refractivity contribution in [2.45, 2.75) is 0 Å². The Labute approximate surface area is 182 Å². The van der Waals surface area contributed by atoms with E-state index in [0.717, 1.165) is 22.5 Å². The molecule has 0 radical (unpaired) electrons. The van der Waals surface area contributed by atoms with Crippen molar-refractivity contribution in [1.29, 1.82) is 10.5 Å². The highest BCUT2D eigenvalue weighted by Crippen LogP contribution is 2.45. The molecule has 5 rings (SSSR count). The summed E-state index contributed by atoms with van der Waals surface area (Å²) in [6.07, 6.45) is 5.09. The lowest BCUT2D eigenvalue weighted by Crippen LogP contribution is -2.00. The summed E-state index contributed by atoms with van der Waals surface area (Å²) in [4.78, 5) is 16.8. The highest BCUT2D eigenvalue weighted by molar-refractivity contribution is 5.95. The molecule has 3 aromatic heterocycles. The first-order chi connectivity index (χ1) is 15.7. The van der Waals surface area contributed by atoms with Gasteiger partial charge in [-0.2, -0.15) is 10.5 Å². The van der Waals surface area contributed by atoms with Crippen molar-refractivity contribution in [2.75, 3.05) is 19.5 Å². The fourth-order valence-corrected chi connectivity index (χ4v) is 3.85. The van der Waals surface area contributed by atoms with Crippen LogP contribution in [0, 0.1) is 22.7 Å². The maximum Gasteiger partial charge on any atom is 0.179 e. The number of methoxy groups -OCH3 is 2. The molecule has 2 N–H and O–H groups in total. The van der Waals surface area contributed by atoms with Crippen molar-refractivity contribution in [3.05, 3.63) is 54.0 Å². The van der Waals surface area contributed by atoms with E-state index in [9.17, 15) is 10.5 Å². The van der Waals surface area contributed by atoms with Gasteiger partial charge in [0.25, 0.3) is 0 Å². The Morgan fingerprint density at radius 1 is 1.03 bits per heavy atom. The molecule has 4 aromatic rings. The Morgan fingerprint density at radius 3 is 2.66 bits per heavy atom. The number of hydrogen-bond donors (Lipinski definition) is 2. The molecule has 0 unspecified atom stereocenters. The minimum atomic E-state index is 0.159. The smallest absolute Gasteiger partial charge is 0.179 e. The van der Waals surface area contributed by atoms with Gasteiger partial charge < -0.3 is 19.8 Å². The predicted molar refractivity (Wildman–Crippen MR) is 116 cm³/mol. The fraction of sp³-hybridized carbons (Fsp3) is 0.0870. The number of rotatable bonds is 3. The highest BCUT2D eigenvalue weighted by Gasteiger charge is 2.28. The number of fused-ring (bicyclic) bond motifs is 5. The van der Waals surface area contributed by atoms with Crippen LogP contribution in [0.15, 0.2) is 42.9 Å². The average molecular weight is 421 g/mol. The molecule has 0 saturated heterocycles. The molecule has 1 aliphatic heterocycles. The van der Waals surface area contributed by atoms with Crippen LogP contribution in [0.3, 0.4) is 0 Å². The number of aromatic nitrogens is 4. The van der Waals surface area contributed by atoms with E-state index in [1.807, 2.05) is 18.2 Å². The molecule has 1 aromatic carbocycles. The summed E-state index contributed by atoms with van der Waals surface area (Å²) in [6.45, 7) is 0. The summed E-state index contributed by atoms with van der Waals surface area (Å²) < 4.78 is 10.7. The van der Waals surface area contributed by atoms with Gasteiger partial charge in [0.2, 0.25) is 0 Å². The minimum Gasteiger partial charge on any atom is -0.493 e. The van der Waals surface area contributed by atoms with Crippen LogP contribution in [0.4, 0.5) is 11.5 Å². The number of nitrogens with zero attached hydrogens (tertiary/aromatic N) is 5. The van der Waals surface area contributed by atoms with Crippen LogP contribution in [0.2, 0.25) is 0 Å². The molecule has 9 nitrogen and oxygen atoms in total. The van der Waals surface area contributed by atoms with Crippen LogP contribution >= 0.6 is 0 Å². The maximum absolute atomic E-state index is 9.93. The number of imidazole rings is 1. The lowest BCUT2D eigenvalue weighted by atomic mass is 9.99. The second kappa shape index (κ2) is 7.42. The number of ether oxygens (including phenoxy) is 2. The number of hydrogen-bond acceptors (Lipinski definition) is 8. The SMILES string of the molecule is COc1cc(C#N)c(-c2nc3c([nH]2)-c2ccncc2Nc2ncccc2-3)c(C#N)c1OC. The van der Waals surface area contributed by atoms with Crippen molar-refractivity contribution < 1.29 is 9.47 Å². The van der Waals surface area contributed by atoms with Gasteiger partial charge in [-0.3, -0.25) is 4.98 Å². The predicted octanol–water partition coefficient (Wildman–Crippen LogP) is 4.02. The van der Waals surface area contributed by atoms with E-state index >= 15 is 0 Å². The van der Waals surface area contributed by atoms with Crippen LogP contribution in [0.25, 0.3) is 33.9 Å². The summed E-state index contributed by atoms with van der Waals surface area (Å²) in [5, 5.41) is 23.0. The molecule has 0 bridgehead atoms. The monoisotopic (exact) mass is 421 g/mol. The highest BCUT2D eigenvalue weighted by atomic mass is 16.5. The molecule has 9 heteroatoms. The largest absolute Gasteiger partial charge is 0.493 e. The van der Waals surface area contributed by atoms with Gasteiger partial charge in [0.05, 0.1) is 42.9 Å². The first kappa shape index (κ1) is 19.1. The summed E-state index contributed by atoms with van der Waals surface area (Å²) >= 11 is 0. The van der Waals surface area contributed by atoms with Crippen molar-refractivity contribution in [1.82, 2.24) is 19.9 Å². The normalized spacial score (nSPS) is 11.0. The Morgan fingerprint density at radius 2 is 1.91 bits per heavy atom. The number of aromatic amines is 1. The molecule has 0 amide bonds. The third-order valence-electron chi connectivity index (χ3n) is 5.25. The quantitative estimate of drug-likeness (QED) is 0.446. The van der Waals surface area contributed by atoms with Crippen molar-refractivity contribution in [2.24, 2.45) is 0 Å². The first-order valence-corrected chi connectivity index (χ1v) is 9.56. The summed E-state index contributed by atoms with van der Waals surface area (Å²) in [7, 11) is 2.90. The van der Waals surface area contributed by atoms with Crippen molar-refractivity contribution >= 4 is 11.5 Å². The first-order valence-electron chi connectivity index (χ1n) is 9.56. The number of nitrogens with one attached hydrogen (secondary N) is 2. The van der Waals surface area contributed by atoms with E-state index in [-0.39, 0.29) is 16.9 Å². The Balaban J connectivity index is 1.85. The van der Waals surface area contributed by atoms with E-state index < -0.39 is 0 Å². The second-order valence-electron chi connectivity index (χ2n) is 6.89. The Bertz CT molecular complexity index is 1400. The molecular formula is C23H15N7O2. The van der Waals surface area contributed by atoms with E-state index in [1.54, 1.807) is 18.6 Å². The van der Waals surface area contributed by atoms with Gasteiger partial charge in [-0.05, 0) is 18.2 Å². The standard InChI is InChI=1S/C23H15N7O2/c1-31-17-8-12(9-24)18(15(10-25)21(17)32-2)23-29-19-13-5-7-26-11-16(13)28-22-14(20(19)30-23)4-3-6-27-22/h3-8,11H,1-2H3,(H,27,28)(H,29,30). The zero-order valence-electron chi connectivity index (χ0n) is 17.1. The number of benzene rings is 1.